The van der Waals surface area contributed by atoms with Gasteiger partial charge in [0.1, 0.15) is 11.6 Å². The van der Waals surface area contributed by atoms with E-state index in [-0.39, 0.29) is 5.82 Å². The van der Waals surface area contributed by atoms with Crippen molar-refractivity contribution in [3.05, 3.63) is 53.0 Å². The van der Waals surface area contributed by atoms with E-state index in [1.165, 1.54) is 18.2 Å². The summed E-state index contributed by atoms with van der Waals surface area (Å²) in [6.07, 6.45) is 1.61. The summed E-state index contributed by atoms with van der Waals surface area (Å²) in [4.78, 5) is 4.03. The summed E-state index contributed by atoms with van der Waals surface area (Å²) in [5.74, 6) is 5.54. The number of halogens is 1. The number of benzene rings is 1. The predicted octanol–water partition coefficient (Wildman–Crippen LogP) is 1.25. The molecule has 1 heterocycles. The van der Waals surface area contributed by atoms with Gasteiger partial charge in [0.05, 0.1) is 6.04 Å². The van der Waals surface area contributed by atoms with Gasteiger partial charge in [0.2, 0.25) is 0 Å². The summed E-state index contributed by atoms with van der Waals surface area (Å²) in [7, 11) is 0. The van der Waals surface area contributed by atoms with Crippen LogP contribution < -0.4 is 22.7 Å². The quantitative estimate of drug-likeness (QED) is 0.378. The number of pyridine rings is 1. The average Bonchev–Trinajstić information content (AvgIpc) is 2.37. The Morgan fingerprint density at radius 1 is 1.26 bits per heavy atom. The molecule has 1 aromatic heterocycles. The predicted molar refractivity (Wildman–Crippen MR) is 73.4 cm³/mol. The lowest BCUT2D eigenvalue weighted by Gasteiger charge is -2.21. The molecule has 0 aliphatic carbocycles. The fourth-order valence-corrected chi connectivity index (χ4v) is 2.09. The van der Waals surface area contributed by atoms with E-state index in [1.807, 2.05) is 13.0 Å². The summed E-state index contributed by atoms with van der Waals surface area (Å²) >= 11 is 0. The van der Waals surface area contributed by atoms with Crippen LogP contribution in [-0.4, -0.2) is 4.98 Å². The highest BCUT2D eigenvalue weighted by molar-refractivity contribution is 5.56. The zero-order chi connectivity index (χ0) is 14.0. The van der Waals surface area contributed by atoms with Crippen molar-refractivity contribution >= 4 is 11.5 Å². The molecular weight excluding hydrogens is 245 g/mol. The molecule has 5 nitrogen and oxygen atoms in total. The van der Waals surface area contributed by atoms with Crippen LogP contribution in [0, 0.1) is 12.7 Å². The molecular formula is C13H16FN5. The Morgan fingerprint density at radius 3 is 2.63 bits per heavy atom. The number of nitrogens with two attached hydrogens (primary N) is 3. The molecule has 2 rings (SSSR count). The molecule has 7 N–H and O–H groups in total. The zero-order valence-electron chi connectivity index (χ0n) is 10.5. The molecule has 0 aliphatic heterocycles. The molecule has 0 saturated carbocycles. The fraction of sp³-hybridized carbons (Fsp3) is 0.154. The van der Waals surface area contributed by atoms with Crippen molar-refractivity contribution in [1.82, 2.24) is 10.4 Å². The smallest absolute Gasteiger partial charge is 0.128 e. The molecule has 0 radical (unpaired) electrons. The molecule has 1 atom stereocenters. The summed E-state index contributed by atoms with van der Waals surface area (Å²) in [5.41, 5.74) is 16.9. The van der Waals surface area contributed by atoms with E-state index >= 15 is 0 Å². The number of nitrogens with one attached hydrogen (secondary N) is 1. The Balaban J connectivity index is 2.59. The SMILES string of the molecule is Cc1ccnc(N)c1C(NN)c1cc(F)ccc1N. The van der Waals surface area contributed by atoms with E-state index in [9.17, 15) is 4.39 Å². The van der Waals surface area contributed by atoms with E-state index in [4.69, 9.17) is 17.3 Å². The Bertz CT molecular complexity index is 579. The highest BCUT2D eigenvalue weighted by atomic mass is 19.1. The van der Waals surface area contributed by atoms with Gasteiger partial charge in [-0.1, -0.05) is 0 Å². The van der Waals surface area contributed by atoms with E-state index in [0.29, 0.717) is 22.6 Å². The van der Waals surface area contributed by atoms with Gasteiger partial charge in [-0.05, 0) is 36.8 Å². The van der Waals surface area contributed by atoms with Gasteiger partial charge in [-0.25, -0.2) is 14.8 Å². The monoisotopic (exact) mass is 261 g/mol. The van der Waals surface area contributed by atoms with Crippen molar-refractivity contribution < 1.29 is 4.39 Å². The summed E-state index contributed by atoms with van der Waals surface area (Å²) < 4.78 is 13.4. The van der Waals surface area contributed by atoms with Gasteiger partial charge in [-0.2, -0.15) is 0 Å². The second-order valence-electron chi connectivity index (χ2n) is 4.30. The number of rotatable bonds is 3. The maximum atomic E-state index is 13.4. The van der Waals surface area contributed by atoms with E-state index < -0.39 is 6.04 Å². The fourth-order valence-electron chi connectivity index (χ4n) is 2.09. The minimum Gasteiger partial charge on any atom is -0.398 e. The lowest BCUT2D eigenvalue weighted by atomic mass is 9.95. The van der Waals surface area contributed by atoms with Crippen molar-refractivity contribution in [1.29, 1.82) is 0 Å². The van der Waals surface area contributed by atoms with Crippen LogP contribution >= 0.6 is 0 Å². The van der Waals surface area contributed by atoms with Gasteiger partial charge in [0, 0.05) is 23.0 Å². The third-order valence-corrected chi connectivity index (χ3v) is 3.05. The van der Waals surface area contributed by atoms with Crippen LogP contribution in [0.15, 0.2) is 30.5 Å². The average molecular weight is 261 g/mol. The van der Waals surface area contributed by atoms with Crippen molar-refractivity contribution in [3.8, 4) is 0 Å². The number of nitrogens with zero attached hydrogens (tertiary/aromatic N) is 1. The number of nitrogen functional groups attached to an aromatic ring is 2. The molecule has 0 aliphatic rings. The molecule has 100 valence electrons. The lowest BCUT2D eigenvalue weighted by molar-refractivity contribution is 0.605. The van der Waals surface area contributed by atoms with Crippen molar-refractivity contribution in [2.24, 2.45) is 5.84 Å². The largest absolute Gasteiger partial charge is 0.398 e. The summed E-state index contributed by atoms with van der Waals surface area (Å²) in [6, 6.07) is 5.43. The number of aryl methyl sites for hydroxylation is 1. The van der Waals surface area contributed by atoms with E-state index in [1.54, 1.807) is 6.20 Å². The molecule has 1 unspecified atom stereocenters. The molecule has 0 bridgehead atoms. The number of hydrogen-bond acceptors (Lipinski definition) is 5. The van der Waals surface area contributed by atoms with Crippen LogP contribution in [0.4, 0.5) is 15.9 Å². The minimum atomic E-state index is -0.510. The Hall–Kier alpha value is -2.18. The zero-order valence-corrected chi connectivity index (χ0v) is 10.5. The van der Waals surface area contributed by atoms with Crippen LogP contribution in [0.25, 0.3) is 0 Å². The first-order valence-corrected chi connectivity index (χ1v) is 5.76. The van der Waals surface area contributed by atoms with E-state index in [0.717, 1.165) is 5.56 Å². The third-order valence-electron chi connectivity index (χ3n) is 3.05. The molecule has 1 aromatic carbocycles. The molecule has 6 heteroatoms. The Labute approximate surface area is 110 Å². The van der Waals surface area contributed by atoms with Crippen LogP contribution in [0.3, 0.4) is 0 Å². The lowest BCUT2D eigenvalue weighted by Crippen LogP contribution is -2.31. The first-order valence-electron chi connectivity index (χ1n) is 5.76. The summed E-state index contributed by atoms with van der Waals surface area (Å²) in [6.45, 7) is 1.88. The van der Waals surface area contributed by atoms with Crippen LogP contribution in [0.5, 0.6) is 0 Å². The molecule has 0 fully saturated rings. The van der Waals surface area contributed by atoms with Gasteiger partial charge in [-0.3, -0.25) is 5.84 Å². The molecule has 0 saturated heterocycles. The van der Waals surface area contributed by atoms with Gasteiger partial charge < -0.3 is 11.5 Å². The second-order valence-corrected chi connectivity index (χ2v) is 4.30. The van der Waals surface area contributed by atoms with Crippen molar-refractivity contribution in [2.75, 3.05) is 11.5 Å². The molecule has 19 heavy (non-hydrogen) atoms. The first-order chi connectivity index (χ1) is 9.04. The van der Waals surface area contributed by atoms with Gasteiger partial charge in [0.25, 0.3) is 0 Å². The van der Waals surface area contributed by atoms with Gasteiger partial charge in [-0.15, -0.1) is 0 Å². The number of aromatic nitrogens is 1. The molecule has 2 aromatic rings. The van der Waals surface area contributed by atoms with Gasteiger partial charge >= 0.3 is 0 Å². The maximum Gasteiger partial charge on any atom is 0.128 e. The second kappa shape index (κ2) is 5.21. The van der Waals surface area contributed by atoms with Gasteiger partial charge in [0.15, 0.2) is 0 Å². The van der Waals surface area contributed by atoms with Crippen molar-refractivity contribution in [3.63, 3.8) is 0 Å². The standard InChI is InChI=1S/C13H16FN5/c1-7-4-5-18-13(16)11(7)12(19-17)9-6-8(14)2-3-10(9)15/h2-6,12,19H,15,17H2,1H3,(H2,16,18). The highest BCUT2D eigenvalue weighted by Crippen LogP contribution is 2.31. The highest BCUT2D eigenvalue weighted by Gasteiger charge is 2.20. The van der Waals surface area contributed by atoms with Crippen LogP contribution in [-0.2, 0) is 0 Å². The Kier molecular flexibility index (Phi) is 3.64. The number of hydrazine groups is 1. The molecule has 0 spiro atoms. The Morgan fingerprint density at radius 2 is 2.00 bits per heavy atom. The number of anilines is 2. The maximum absolute atomic E-state index is 13.4. The molecule has 0 amide bonds. The third kappa shape index (κ3) is 2.49. The number of hydrogen-bond donors (Lipinski definition) is 4. The minimum absolute atomic E-state index is 0.339. The van der Waals surface area contributed by atoms with Crippen molar-refractivity contribution in [2.45, 2.75) is 13.0 Å². The topological polar surface area (TPSA) is 103 Å². The normalized spacial score (nSPS) is 12.4. The van der Waals surface area contributed by atoms with Crippen LogP contribution in [0.2, 0.25) is 0 Å². The van der Waals surface area contributed by atoms with E-state index in [2.05, 4.69) is 10.4 Å². The first kappa shape index (κ1) is 13.3. The summed E-state index contributed by atoms with van der Waals surface area (Å²) in [5, 5.41) is 0. The van der Waals surface area contributed by atoms with Crippen LogP contribution in [0.1, 0.15) is 22.7 Å².